The van der Waals surface area contributed by atoms with E-state index in [9.17, 15) is 9.90 Å². The molecule has 0 unspecified atom stereocenters. The number of aromatic carboxylic acids is 1. The molecule has 0 spiro atoms. The molecule has 2 aromatic heterocycles. The SMILES string of the molecule is CCCCN(Cc1ccc(-c2ccccc2-c2nn[nH]n2)cc1)c1nc2c(cc1C(=O)O)CCC2. The Morgan fingerprint density at radius 3 is 2.60 bits per heavy atom. The fourth-order valence-electron chi connectivity index (χ4n) is 4.68. The monoisotopic (exact) mass is 468 g/mol. The largest absolute Gasteiger partial charge is 0.478 e. The number of aryl methyl sites for hydroxylation is 2. The van der Waals surface area contributed by atoms with Crippen LogP contribution in [-0.2, 0) is 19.4 Å². The first-order chi connectivity index (χ1) is 17.1. The highest BCUT2D eigenvalue weighted by molar-refractivity contribution is 5.93. The van der Waals surface area contributed by atoms with Crippen LogP contribution in [0.3, 0.4) is 0 Å². The number of nitrogens with one attached hydrogen (secondary N) is 1. The van der Waals surface area contributed by atoms with Gasteiger partial charge in [0, 0.05) is 24.3 Å². The number of hydrogen-bond acceptors (Lipinski definition) is 6. The average Bonchev–Trinajstić information content (AvgIpc) is 3.58. The van der Waals surface area contributed by atoms with E-state index in [1.165, 1.54) is 0 Å². The Bertz CT molecular complexity index is 1320. The molecule has 1 aliphatic carbocycles. The molecule has 178 valence electrons. The summed E-state index contributed by atoms with van der Waals surface area (Å²) in [6.45, 7) is 3.49. The summed E-state index contributed by atoms with van der Waals surface area (Å²) in [5.41, 5.74) is 6.50. The number of anilines is 1. The van der Waals surface area contributed by atoms with Crippen molar-refractivity contribution in [1.29, 1.82) is 0 Å². The van der Waals surface area contributed by atoms with E-state index in [-0.39, 0.29) is 0 Å². The zero-order valence-electron chi connectivity index (χ0n) is 19.7. The summed E-state index contributed by atoms with van der Waals surface area (Å²) in [5.74, 6) is 0.217. The summed E-state index contributed by atoms with van der Waals surface area (Å²) < 4.78 is 0. The van der Waals surface area contributed by atoms with Gasteiger partial charge in [-0.1, -0.05) is 61.9 Å². The van der Waals surface area contributed by atoms with Crippen LogP contribution in [0.25, 0.3) is 22.5 Å². The number of rotatable bonds is 9. The number of benzene rings is 2. The maximum absolute atomic E-state index is 12.1. The number of unbranched alkanes of at least 4 members (excludes halogenated alkanes) is 1. The van der Waals surface area contributed by atoms with Gasteiger partial charge in [0.05, 0.1) is 0 Å². The minimum absolute atomic E-state index is 0.299. The maximum atomic E-state index is 12.1. The Labute approximate surface area is 204 Å². The van der Waals surface area contributed by atoms with Crippen molar-refractivity contribution in [2.75, 3.05) is 11.4 Å². The third kappa shape index (κ3) is 4.77. The second-order valence-corrected chi connectivity index (χ2v) is 8.88. The molecular weight excluding hydrogens is 440 g/mol. The number of carbonyl (C=O) groups is 1. The first-order valence-corrected chi connectivity index (χ1v) is 12.1. The molecule has 8 heteroatoms. The molecule has 1 aliphatic rings. The van der Waals surface area contributed by atoms with Crippen molar-refractivity contribution in [2.45, 2.75) is 45.6 Å². The number of aromatic nitrogens is 5. The minimum atomic E-state index is -0.919. The highest BCUT2D eigenvalue weighted by Gasteiger charge is 2.23. The molecule has 0 aliphatic heterocycles. The molecule has 0 radical (unpaired) electrons. The molecule has 0 amide bonds. The van der Waals surface area contributed by atoms with Gasteiger partial charge in [0.1, 0.15) is 11.4 Å². The van der Waals surface area contributed by atoms with Gasteiger partial charge in [0.2, 0.25) is 5.82 Å². The van der Waals surface area contributed by atoms with Crippen LogP contribution in [0.4, 0.5) is 5.82 Å². The third-order valence-corrected chi connectivity index (χ3v) is 6.49. The topological polar surface area (TPSA) is 108 Å². The van der Waals surface area contributed by atoms with Crippen LogP contribution >= 0.6 is 0 Å². The van der Waals surface area contributed by atoms with Gasteiger partial charge in [-0.3, -0.25) is 0 Å². The number of H-pyrrole nitrogens is 1. The van der Waals surface area contributed by atoms with Gasteiger partial charge in [-0.2, -0.15) is 5.21 Å². The number of pyridine rings is 1. The van der Waals surface area contributed by atoms with Crippen molar-refractivity contribution in [3.8, 4) is 22.5 Å². The summed E-state index contributed by atoms with van der Waals surface area (Å²) in [5, 5.41) is 24.4. The second-order valence-electron chi connectivity index (χ2n) is 8.88. The lowest BCUT2D eigenvalue weighted by Gasteiger charge is -2.26. The van der Waals surface area contributed by atoms with Crippen LogP contribution < -0.4 is 4.90 Å². The van der Waals surface area contributed by atoms with Gasteiger partial charge in [-0.05, 0) is 59.2 Å². The van der Waals surface area contributed by atoms with E-state index >= 15 is 0 Å². The molecule has 0 bridgehead atoms. The molecule has 0 saturated heterocycles. The molecule has 0 fully saturated rings. The Balaban J connectivity index is 1.45. The van der Waals surface area contributed by atoms with Gasteiger partial charge in [0.25, 0.3) is 0 Å². The van der Waals surface area contributed by atoms with Crippen LogP contribution in [-0.4, -0.2) is 43.2 Å². The van der Waals surface area contributed by atoms with E-state index in [1.54, 1.807) is 0 Å². The number of fused-ring (bicyclic) bond motifs is 1. The Kier molecular flexibility index (Phi) is 6.52. The average molecular weight is 469 g/mol. The van der Waals surface area contributed by atoms with E-state index in [2.05, 4.69) is 56.7 Å². The number of carboxylic acids is 1. The predicted molar refractivity (Wildman–Crippen MR) is 134 cm³/mol. The highest BCUT2D eigenvalue weighted by atomic mass is 16.4. The molecule has 2 N–H and O–H groups in total. The molecule has 2 heterocycles. The van der Waals surface area contributed by atoms with E-state index in [1.807, 2.05) is 30.3 Å². The first-order valence-electron chi connectivity index (χ1n) is 12.1. The van der Waals surface area contributed by atoms with Gasteiger partial charge in [-0.25, -0.2) is 9.78 Å². The second kappa shape index (κ2) is 10.0. The van der Waals surface area contributed by atoms with Gasteiger partial charge in [-0.15, -0.1) is 10.2 Å². The standard InChI is InChI=1S/C27H28N6O2/c1-2-3-15-33(26-23(27(34)35)16-20-7-6-10-24(20)28-26)17-18-11-13-19(14-12-18)21-8-4-5-9-22(21)25-29-31-32-30-25/h4-5,8-9,11-14,16H,2-3,6-7,10,15,17H2,1H3,(H,34,35)(H,29,30,31,32). The molecule has 35 heavy (non-hydrogen) atoms. The molecule has 2 aromatic carbocycles. The lowest BCUT2D eigenvalue weighted by molar-refractivity contribution is 0.0697. The van der Waals surface area contributed by atoms with Crippen molar-refractivity contribution >= 4 is 11.8 Å². The Morgan fingerprint density at radius 1 is 1.09 bits per heavy atom. The fraction of sp³-hybridized carbons (Fsp3) is 0.296. The zero-order valence-corrected chi connectivity index (χ0v) is 19.7. The van der Waals surface area contributed by atoms with Crippen LogP contribution in [0.2, 0.25) is 0 Å². The zero-order chi connectivity index (χ0) is 24.2. The third-order valence-electron chi connectivity index (χ3n) is 6.49. The summed E-state index contributed by atoms with van der Waals surface area (Å²) >= 11 is 0. The van der Waals surface area contributed by atoms with Gasteiger partial charge in [0.15, 0.2) is 0 Å². The summed E-state index contributed by atoms with van der Waals surface area (Å²) in [6.07, 6.45) is 4.85. The lowest BCUT2D eigenvalue weighted by atomic mass is 9.98. The van der Waals surface area contributed by atoms with E-state index in [4.69, 9.17) is 4.98 Å². The van der Waals surface area contributed by atoms with Crippen molar-refractivity contribution in [1.82, 2.24) is 25.6 Å². The predicted octanol–water partition coefficient (Wildman–Crippen LogP) is 4.92. The minimum Gasteiger partial charge on any atom is -0.478 e. The molecule has 8 nitrogen and oxygen atoms in total. The van der Waals surface area contributed by atoms with Crippen LogP contribution in [0.1, 0.15) is 53.4 Å². The summed E-state index contributed by atoms with van der Waals surface area (Å²) in [6, 6.07) is 18.2. The van der Waals surface area contributed by atoms with Gasteiger partial charge < -0.3 is 10.0 Å². The van der Waals surface area contributed by atoms with E-state index < -0.39 is 5.97 Å². The number of aromatic amines is 1. The highest BCUT2D eigenvalue weighted by Crippen LogP contribution is 2.31. The van der Waals surface area contributed by atoms with Crippen molar-refractivity contribution in [2.24, 2.45) is 0 Å². The number of tetrazole rings is 1. The number of hydrogen-bond donors (Lipinski definition) is 2. The molecule has 0 atom stereocenters. The molecular formula is C27H28N6O2. The van der Waals surface area contributed by atoms with Crippen molar-refractivity contribution < 1.29 is 9.90 Å². The van der Waals surface area contributed by atoms with Gasteiger partial charge >= 0.3 is 5.97 Å². The van der Waals surface area contributed by atoms with Crippen molar-refractivity contribution in [3.63, 3.8) is 0 Å². The molecule has 0 saturated carbocycles. The number of carboxylic acid groups (broad SMARTS) is 1. The molecule has 5 rings (SSSR count). The van der Waals surface area contributed by atoms with Crippen LogP contribution in [0, 0.1) is 0 Å². The molecule has 4 aromatic rings. The maximum Gasteiger partial charge on any atom is 0.339 e. The number of nitrogens with zero attached hydrogens (tertiary/aromatic N) is 5. The van der Waals surface area contributed by atoms with E-state index in [0.717, 1.165) is 72.2 Å². The van der Waals surface area contributed by atoms with Crippen LogP contribution in [0.5, 0.6) is 0 Å². The van der Waals surface area contributed by atoms with E-state index in [0.29, 0.717) is 23.8 Å². The summed E-state index contributed by atoms with van der Waals surface area (Å²) in [7, 11) is 0. The first kappa shape index (κ1) is 22.7. The van der Waals surface area contributed by atoms with Crippen LogP contribution in [0.15, 0.2) is 54.6 Å². The van der Waals surface area contributed by atoms with Crippen molar-refractivity contribution in [3.05, 3.63) is 77.0 Å². The normalized spacial score (nSPS) is 12.5. The smallest absolute Gasteiger partial charge is 0.339 e. The lowest BCUT2D eigenvalue weighted by Crippen LogP contribution is -2.27. The summed E-state index contributed by atoms with van der Waals surface area (Å²) in [4.78, 5) is 19.1. The Hall–Kier alpha value is -4.07. The fourth-order valence-corrected chi connectivity index (χ4v) is 4.68. The Morgan fingerprint density at radius 2 is 1.89 bits per heavy atom. The quantitative estimate of drug-likeness (QED) is 0.359.